The van der Waals surface area contributed by atoms with Crippen LogP contribution in [0.3, 0.4) is 0 Å². The second-order valence-electron chi connectivity index (χ2n) is 9.57. The van der Waals surface area contributed by atoms with Crippen LogP contribution in [0.15, 0.2) is 72.8 Å². The third-order valence-electron chi connectivity index (χ3n) is 7.16. The van der Waals surface area contributed by atoms with E-state index in [4.69, 9.17) is 18.9 Å². The average molecular weight is 517 g/mol. The minimum Gasteiger partial charge on any atom is -0.507 e. The molecule has 0 radical (unpaired) electrons. The normalized spacial score (nSPS) is 26.6. The van der Waals surface area contributed by atoms with Crippen molar-refractivity contribution in [2.45, 2.75) is 43.4 Å². The van der Waals surface area contributed by atoms with Crippen molar-refractivity contribution in [2.24, 2.45) is 5.92 Å². The number of hydrogen-bond acceptors (Lipinski definition) is 8. The van der Waals surface area contributed by atoms with Gasteiger partial charge in [0.05, 0.1) is 12.8 Å². The molecule has 0 saturated carbocycles. The number of aromatic hydroxyl groups is 1. The van der Waals surface area contributed by atoms with Crippen LogP contribution in [0.1, 0.15) is 46.5 Å². The van der Waals surface area contributed by atoms with E-state index in [-0.39, 0.29) is 41.4 Å². The lowest BCUT2D eigenvalue weighted by atomic mass is 9.90. The summed E-state index contributed by atoms with van der Waals surface area (Å²) in [6, 6.07) is 21.1. The minimum atomic E-state index is -1.17. The molecule has 0 unspecified atom stereocenters. The molecule has 0 aromatic heterocycles. The third-order valence-corrected chi connectivity index (χ3v) is 7.16. The number of fused-ring (bicyclic) bond motifs is 2. The van der Waals surface area contributed by atoms with Crippen LogP contribution in [0.2, 0.25) is 0 Å². The standard InChI is InChI=1S/C29H24O9/c30-18-11-17(12-21-24(18)19(31)13-20(36-21)15-7-3-1-4-8-15)35-26(16-9-5-2-6-10-16)28-25(29(33)34)27-22(37-28)14-23(32)38-27/h1-12,20,22,25-28,30H,13-14H2,(H,33,34)/t20-,22+,25+,26-,27-,28-/m0/s1. The van der Waals surface area contributed by atoms with Crippen LogP contribution in [-0.2, 0) is 19.1 Å². The number of Topliss-reactive ketones (excluding diaryl/α,β-unsaturated/α-hetero) is 1. The van der Waals surface area contributed by atoms with Gasteiger partial charge in [0.1, 0.15) is 53.1 Å². The quantitative estimate of drug-likeness (QED) is 0.467. The van der Waals surface area contributed by atoms with E-state index in [1.165, 1.54) is 12.1 Å². The molecular formula is C29H24O9. The highest BCUT2D eigenvalue weighted by Gasteiger charge is 2.58. The summed E-state index contributed by atoms with van der Waals surface area (Å²) in [5.41, 5.74) is 1.53. The summed E-state index contributed by atoms with van der Waals surface area (Å²) in [5.74, 6) is -3.06. The number of ketones is 1. The second-order valence-corrected chi connectivity index (χ2v) is 9.57. The number of rotatable bonds is 6. The minimum absolute atomic E-state index is 0.0388. The topological polar surface area (TPSA) is 129 Å². The lowest BCUT2D eigenvalue weighted by Gasteiger charge is -2.30. The highest BCUT2D eigenvalue weighted by atomic mass is 16.6. The summed E-state index contributed by atoms with van der Waals surface area (Å²) >= 11 is 0. The molecule has 3 aromatic rings. The van der Waals surface area contributed by atoms with Crippen molar-refractivity contribution in [1.29, 1.82) is 0 Å². The molecule has 0 spiro atoms. The van der Waals surface area contributed by atoms with Gasteiger partial charge in [-0.1, -0.05) is 60.7 Å². The van der Waals surface area contributed by atoms with Gasteiger partial charge < -0.3 is 29.2 Å². The predicted octanol–water partition coefficient (Wildman–Crippen LogP) is 4.00. The Hall–Kier alpha value is -4.37. The van der Waals surface area contributed by atoms with Gasteiger partial charge in [0.25, 0.3) is 0 Å². The van der Waals surface area contributed by atoms with Crippen molar-refractivity contribution in [3.8, 4) is 17.2 Å². The number of benzene rings is 3. The van der Waals surface area contributed by atoms with E-state index in [1.807, 2.05) is 36.4 Å². The Morgan fingerprint density at radius 3 is 2.37 bits per heavy atom. The van der Waals surface area contributed by atoms with Gasteiger partial charge in [-0.05, 0) is 11.1 Å². The number of esters is 1. The van der Waals surface area contributed by atoms with E-state index in [0.29, 0.717) is 5.56 Å². The van der Waals surface area contributed by atoms with E-state index in [9.17, 15) is 24.6 Å². The SMILES string of the molecule is O=C1C[C@H]2O[C@H]([C@@H](Oc3cc(O)c4c(c3)O[C@H](c3ccccc3)CC4=O)c3ccccc3)[C@H](C(=O)O)[C@H]2O1. The molecule has 3 aliphatic rings. The molecule has 3 heterocycles. The number of phenols is 1. The number of phenolic OH excluding ortho intramolecular Hbond substituents is 1. The highest BCUT2D eigenvalue weighted by Crippen LogP contribution is 2.46. The number of carboxylic acids is 1. The Morgan fingerprint density at radius 2 is 1.66 bits per heavy atom. The van der Waals surface area contributed by atoms with E-state index in [1.54, 1.807) is 24.3 Å². The monoisotopic (exact) mass is 516 g/mol. The first kappa shape index (κ1) is 24.0. The largest absolute Gasteiger partial charge is 0.507 e. The van der Waals surface area contributed by atoms with Crippen LogP contribution in [-0.4, -0.2) is 46.2 Å². The first-order chi connectivity index (χ1) is 18.4. The molecule has 9 heteroatoms. The van der Waals surface area contributed by atoms with Gasteiger partial charge in [0, 0.05) is 12.1 Å². The zero-order valence-corrected chi connectivity index (χ0v) is 20.1. The van der Waals surface area contributed by atoms with E-state index in [2.05, 4.69) is 0 Å². The highest BCUT2D eigenvalue weighted by molar-refractivity contribution is 6.02. The van der Waals surface area contributed by atoms with Gasteiger partial charge >= 0.3 is 11.9 Å². The fourth-order valence-electron chi connectivity index (χ4n) is 5.45. The number of carbonyl (C=O) groups excluding carboxylic acids is 2. The maximum absolute atomic E-state index is 12.9. The molecule has 2 N–H and O–H groups in total. The molecule has 0 aliphatic carbocycles. The molecule has 0 bridgehead atoms. The summed E-state index contributed by atoms with van der Waals surface area (Å²) in [4.78, 5) is 37.0. The lowest BCUT2D eigenvalue weighted by Crippen LogP contribution is -2.38. The van der Waals surface area contributed by atoms with Crippen LogP contribution < -0.4 is 9.47 Å². The molecule has 6 rings (SSSR count). The number of hydrogen-bond donors (Lipinski definition) is 2. The van der Waals surface area contributed by atoms with Gasteiger partial charge in [0.2, 0.25) is 0 Å². The Kier molecular flexibility index (Phi) is 6.00. The van der Waals surface area contributed by atoms with Crippen LogP contribution in [0.25, 0.3) is 0 Å². The van der Waals surface area contributed by atoms with Crippen LogP contribution >= 0.6 is 0 Å². The Bertz CT molecular complexity index is 1390. The Morgan fingerprint density at radius 1 is 0.947 bits per heavy atom. The summed E-state index contributed by atoms with van der Waals surface area (Å²) in [6.07, 6.45) is -4.03. The molecule has 9 nitrogen and oxygen atoms in total. The van der Waals surface area contributed by atoms with Crippen LogP contribution in [0.4, 0.5) is 0 Å². The lowest BCUT2D eigenvalue weighted by molar-refractivity contribution is -0.154. The van der Waals surface area contributed by atoms with E-state index < -0.39 is 48.4 Å². The molecule has 3 aromatic carbocycles. The van der Waals surface area contributed by atoms with E-state index >= 15 is 0 Å². The number of ether oxygens (including phenoxy) is 4. The molecule has 2 saturated heterocycles. The van der Waals surface area contributed by atoms with Crippen molar-refractivity contribution < 1.29 is 43.5 Å². The first-order valence-corrected chi connectivity index (χ1v) is 12.3. The first-order valence-electron chi connectivity index (χ1n) is 12.3. The fourth-order valence-corrected chi connectivity index (χ4v) is 5.45. The smallest absolute Gasteiger partial charge is 0.313 e. The Balaban J connectivity index is 1.35. The van der Waals surface area contributed by atoms with Crippen molar-refractivity contribution in [1.82, 2.24) is 0 Å². The maximum Gasteiger partial charge on any atom is 0.313 e. The number of aliphatic carboxylic acids is 1. The predicted molar refractivity (Wildman–Crippen MR) is 131 cm³/mol. The molecular weight excluding hydrogens is 492 g/mol. The van der Waals surface area contributed by atoms with Gasteiger partial charge in [-0.3, -0.25) is 14.4 Å². The van der Waals surface area contributed by atoms with Gasteiger partial charge in [0.15, 0.2) is 11.9 Å². The zero-order valence-electron chi connectivity index (χ0n) is 20.1. The van der Waals surface area contributed by atoms with Gasteiger partial charge in [-0.2, -0.15) is 0 Å². The zero-order chi connectivity index (χ0) is 26.4. The van der Waals surface area contributed by atoms with Crippen molar-refractivity contribution in [3.63, 3.8) is 0 Å². The van der Waals surface area contributed by atoms with Crippen LogP contribution in [0, 0.1) is 5.92 Å². The second kappa shape index (κ2) is 9.50. The molecule has 6 atom stereocenters. The van der Waals surface area contributed by atoms with Gasteiger partial charge in [-0.25, -0.2) is 0 Å². The van der Waals surface area contributed by atoms with Gasteiger partial charge in [-0.15, -0.1) is 0 Å². The molecule has 3 aliphatic heterocycles. The van der Waals surface area contributed by atoms with E-state index in [0.717, 1.165) is 5.56 Å². The Labute approximate surface area is 217 Å². The number of carbonyl (C=O) groups is 3. The molecule has 194 valence electrons. The molecule has 38 heavy (non-hydrogen) atoms. The maximum atomic E-state index is 12.9. The molecule has 2 fully saturated rings. The summed E-state index contributed by atoms with van der Waals surface area (Å²) < 4.78 is 23.8. The van der Waals surface area contributed by atoms with Crippen LogP contribution in [0.5, 0.6) is 17.2 Å². The third kappa shape index (κ3) is 4.24. The summed E-state index contributed by atoms with van der Waals surface area (Å²) in [6.45, 7) is 0. The fraction of sp³-hybridized carbons (Fsp3) is 0.276. The van der Waals surface area contributed by atoms with Crippen molar-refractivity contribution in [3.05, 3.63) is 89.5 Å². The summed E-state index contributed by atoms with van der Waals surface area (Å²) in [5, 5.41) is 20.8. The molecule has 0 amide bonds. The van der Waals surface area contributed by atoms with Crippen molar-refractivity contribution >= 4 is 17.7 Å². The average Bonchev–Trinajstić information content (AvgIpc) is 3.43. The number of carboxylic acid groups (broad SMARTS) is 1. The summed E-state index contributed by atoms with van der Waals surface area (Å²) in [7, 11) is 0. The van der Waals surface area contributed by atoms with Crippen molar-refractivity contribution in [2.75, 3.05) is 0 Å².